The first kappa shape index (κ1) is 35.5. The van der Waals surface area contributed by atoms with Gasteiger partial charge >= 0.3 is 0 Å². The Bertz CT molecular complexity index is 3610. The summed E-state index contributed by atoms with van der Waals surface area (Å²) in [6, 6.07) is 79.3. The van der Waals surface area contributed by atoms with Gasteiger partial charge in [0.05, 0.1) is 22.1 Å². The molecule has 0 aliphatic heterocycles. The minimum Gasteiger partial charge on any atom is -0.309 e. The lowest BCUT2D eigenvalue weighted by Gasteiger charge is -2.14. The van der Waals surface area contributed by atoms with Gasteiger partial charge in [-0.2, -0.15) is 0 Å². The van der Waals surface area contributed by atoms with Crippen LogP contribution in [0.15, 0.2) is 224 Å². The number of rotatable bonds is 7. The van der Waals surface area contributed by atoms with E-state index in [0.717, 1.165) is 44.7 Å². The second kappa shape index (κ2) is 14.7. The number of fused-ring (bicyclic) bond motifs is 6. The number of hydrogen-bond acceptors (Lipinski definition) is 3. The Kier molecular flexibility index (Phi) is 8.42. The van der Waals surface area contributed by atoms with Crippen molar-refractivity contribution in [2.45, 2.75) is 0 Å². The number of para-hydroxylation sites is 4. The average Bonchev–Trinajstić information content (AvgIpc) is 3.88. The third kappa shape index (κ3) is 5.90. The summed E-state index contributed by atoms with van der Waals surface area (Å²) < 4.78 is 4.80. The van der Waals surface area contributed by atoms with Crippen LogP contribution >= 0.6 is 0 Å². The molecule has 62 heavy (non-hydrogen) atoms. The van der Waals surface area contributed by atoms with Crippen LogP contribution in [0.5, 0.6) is 0 Å². The highest BCUT2D eigenvalue weighted by molar-refractivity contribution is 6.20. The van der Waals surface area contributed by atoms with E-state index in [2.05, 4.69) is 209 Å². The molecule has 5 nitrogen and oxygen atoms in total. The molecule has 290 valence electrons. The van der Waals surface area contributed by atoms with Crippen LogP contribution in [-0.2, 0) is 0 Å². The summed E-state index contributed by atoms with van der Waals surface area (Å²) in [4.78, 5) is 15.3. The summed E-state index contributed by atoms with van der Waals surface area (Å²) in [5.41, 5.74) is 14.2. The molecule has 12 aromatic rings. The molecule has 0 radical (unpaired) electrons. The Hall–Kier alpha value is -8.41. The van der Waals surface area contributed by atoms with E-state index in [9.17, 15) is 0 Å². The lowest BCUT2D eigenvalue weighted by molar-refractivity contribution is 1.07. The lowest BCUT2D eigenvalue weighted by atomic mass is 9.97. The normalized spacial score (nSPS) is 11.5. The van der Waals surface area contributed by atoms with Crippen LogP contribution < -0.4 is 0 Å². The highest BCUT2D eigenvalue weighted by Crippen LogP contribution is 2.44. The first-order chi connectivity index (χ1) is 30.8. The van der Waals surface area contributed by atoms with Crippen molar-refractivity contribution in [1.82, 2.24) is 24.1 Å². The zero-order chi connectivity index (χ0) is 41.0. The van der Waals surface area contributed by atoms with Crippen molar-refractivity contribution in [3.63, 3.8) is 0 Å². The van der Waals surface area contributed by atoms with Crippen LogP contribution in [-0.4, -0.2) is 24.1 Å². The Morgan fingerprint density at radius 3 is 1.45 bits per heavy atom. The zero-order valence-corrected chi connectivity index (χ0v) is 33.6. The monoisotopic (exact) mass is 791 g/mol. The molecule has 0 amide bonds. The summed E-state index contributed by atoms with van der Waals surface area (Å²) in [5.74, 6) is 1.87. The zero-order valence-electron chi connectivity index (χ0n) is 33.6. The van der Waals surface area contributed by atoms with Crippen molar-refractivity contribution in [2.75, 3.05) is 0 Å². The van der Waals surface area contributed by atoms with Crippen LogP contribution in [0.2, 0.25) is 0 Å². The van der Waals surface area contributed by atoms with Gasteiger partial charge < -0.3 is 9.13 Å². The highest BCUT2D eigenvalue weighted by Gasteiger charge is 2.22. The highest BCUT2D eigenvalue weighted by atomic mass is 15.0. The minimum atomic E-state index is 0.613. The maximum absolute atomic E-state index is 5.17. The van der Waals surface area contributed by atoms with E-state index in [1.165, 1.54) is 49.3 Å². The van der Waals surface area contributed by atoms with Gasteiger partial charge in [-0.15, -0.1) is 0 Å². The maximum Gasteiger partial charge on any atom is 0.164 e. The topological polar surface area (TPSA) is 48.5 Å². The summed E-state index contributed by atoms with van der Waals surface area (Å²) in [5, 5.41) is 4.84. The van der Waals surface area contributed by atoms with E-state index in [4.69, 9.17) is 15.0 Å². The van der Waals surface area contributed by atoms with Crippen LogP contribution in [0.1, 0.15) is 0 Å². The predicted octanol–water partition coefficient (Wildman–Crippen LogP) is 14.4. The van der Waals surface area contributed by atoms with Crippen molar-refractivity contribution in [3.05, 3.63) is 224 Å². The Morgan fingerprint density at radius 2 is 0.726 bits per heavy atom. The largest absolute Gasteiger partial charge is 0.309 e. The molecule has 0 atom stereocenters. The number of benzene rings is 9. The fourth-order valence-corrected chi connectivity index (χ4v) is 9.18. The Labute approximate surface area is 358 Å². The first-order valence-electron chi connectivity index (χ1n) is 21.0. The molecule has 0 aliphatic rings. The summed E-state index contributed by atoms with van der Waals surface area (Å²) in [6.45, 7) is 0. The fraction of sp³-hybridized carbons (Fsp3) is 0. The fourth-order valence-electron chi connectivity index (χ4n) is 9.18. The molecule has 0 saturated carbocycles. The molecule has 0 spiro atoms. The van der Waals surface area contributed by atoms with Gasteiger partial charge in [-0.25, -0.2) is 15.0 Å². The second-order valence-electron chi connectivity index (χ2n) is 15.6. The quantitative estimate of drug-likeness (QED) is 0.162. The van der Waals surface area contributed by atoms with Crippen LogP contribution in [0.4, 0.5) is 0 Å². The Morgan fingerprint density at radius 1 is 0.274 bits per heavy atom. The van der Waals surface area contributed by atoms with Crippen LogP contribution in [0, 0.1) is 0 Å². The molecule has 3 heterocycles. The minimum absolute atomic E-state index is 0.613. The van der Waals surface area contributed by atoms with Gasteiger partial charge in [-0.1, -0.05) is 182 Å². The van der Waals surface area contributed by atoms with Gasteiger partial charge in [-0.3, -0.25) is 0 Å². The van der Waals surface area contributed by atoms with Gasteiger partial charge in [0.25, 0.3) is 0 Å². The van der Waals surface area contributed by atoms with Crippen molar-refractivity contribution in [3.8, 4) is 67.8 Å². The molecule has 9 aromatic carbocycles. The maximum atomic E-state index is 5.17. The lowest BCUT2D eigenvalue weighted by Crippen LogP contribution is -2.01. The molecule has 5 heteroatoms. The standard InChI is InChI=1S/C57H37N5/c1-4-17-38(18-5-1)39-33-35-41(36-34-39)56-58-55(40-19-6-2-7-20-40)59-57(60-56)42-21-14-24-44(37-42)62-50-30-12-10-25-45(50)47-28-15-29-48(54(47)62)46-27-16-32-52-53(46)49-26-11-13-31-51(49)61(52)43-22-8-3-9-23-43/h1-37H. The molecular formula is C57H37N5. The van der Waals surface area contributed by atoms with Gasteiger partial charge in [0.2, 0.25) is 0 Å². The first-order valence-corrected chi connectivity index (χ1v) is 21.0. The summed E-state index contributed by atoms with van der Waals surface area (Å²) in [6.07, 6.45) is 0. The van der Waals surface area contributed by atoms with E-state index in [1.807, 2.05) is 24.3 Å². The van der Waals surface area contributed by atoms with Crippen LogP contribution in [0.3, 0.4) is 0 Å². The molecule has 12 rings (SSSR count). The third-order valence-electron chi connectivity index (χ3n) is 12.0. The van der Waals surface area contributed by atoms with Gasteiger partial charge in [0.1, 0.15) is 0 Å². The van der Waals surface area contributed by atoms with Gasteiger partial charge in [-0.05, 0) is 59.2 Å². The van der Waals surface area contributed by atoms with E-state index >= 15 is 0 Å². The van der Waals surface area contributed by atoms with Crippen molar-refractivity contribution < 1.29 is 0 Å². The molecule has 0 saturated heterocycles. The molecule has 0 bridgehead atoms. The average molecular weight is 792 g/mol. The molecule has 0 fully saturated rings. The van der Waals surface area contributed by atoms with E-state index in [0.29, 0.717) is 17.5 Å². The molecule has 0 N–H and O–H groups in total. The van der Waals surface area contributed by atoms with E-state index < -0.39 is 0 Å². The van der Waals surface area contributed by atoms with Crippen LogP contribution in [0.25, 0.3) is 111 Å². The second-order valence-corrected chi connectivity index (χ2v) is 15.6. The number of nitrogens with zero attached hydrogens (tertiary/aromatic N) is 5. The van der Waals surface area contributed by atoms with E-state index in [1.54, 1.807) is 0 Å². The summed E-state index contributed by atoms with van der Waals surface area (Å²) >= 11 is 0. The van der Waals surface area contributed by atoms with E-state index in [-0.39, 0.29) is 0 Å². The predicted molar refractivity (Wildman–Crippen MR) is 256 cm³/mol. The molecule has 3 aromatic heterocycles. The van der Waals surface area contributed by atoms with Crippen molar-refractivity contribution in [1.29, 1.82) is 0 Å². The molecular weight excluding hydrogens is 755 g/mol. The third-order valence-corrected chi connectivity index (χ3v) is 12.0. The summed E-state index contributed by atoms with van der Waals surface area (Å²) in [7, 11) is 0. The SMILES string of the molecule is c1ccc(-c2ccc(-c3nc(-c4ccccc4)nc(-c4cccc(-n5c6ccccc6c6cccc(-c7cccc8c7c7ccccc7n8-c7ccccc7)c65)c4)n3)cc2)cc1. The van der Waals surface area contributed by atoms with Crippen molar-refractivity contribution in [2.24, 2.45) is 0 Å². The molecule has 0 aliphatic carbocycles. The van der Waals surface area contributed by atoms with Gasteiger partial charge in [0, 0.05) is 55.2 Å². The molecule has 0 unspecified atom stereocenters. The number of aromatic nitrogens is 5. The number of hydrogen-bond donors (Lipinski definition) is 0. The van der Waals surface area contributed by atoms with Gasteiger partial charge in [0.15, 0.2) is 17.5 Å². The van der Waals surface area contributed by atoms with Crippen molar-refractivity contribution >= 4 is 43.6 Å². The Balaban J connectivity index is 1.06. The smallest absolute Gasteiger partial charge is 0.164 e.